The molecule has 1 atom stereocenters. The van der Waals surface area contributed by atoms with E-state index in [1.165, 1.54) is 11.8 Å². The van der Waals surface area contributed by atoms with Crippen molar-refractivity contribution in [2.75, 3.05) is 13.1 Å². The number of hydrogen-bond donors (Lipinski definition) is 0. The Hall–Kier alpha value is -2.00. The summed E-state index contributed by atoms with van der Waals surface area (Å²) in [6.07, 6.45) is 2.63. The second-order valence-electron chi connectivity index (χ2n) is 5.74. The van der Waals surface area contributed by atoms with Crippen LogP contribution in [0, 0.1) is 11.3 Å². The van der Waals surface area contributed by atoms with Gasteiger partial charge in [-0.05, 0) is 31.9 Å². The molecular formula is C17H20N4OS. The van der Waals surface area contributed by atoms with Gasteiger partial charge < -0.3 is 9.47 Å². The maximum absolute atomic E-state index is 12.5. The number of aryl methyl sites for hydroxylation is 1. The Morgan fingerprint density at radius 1 is 1.39 bits per heavy atom. The maximum atomic E-state index is 12.5. The van der Waals surface area contributed by atoms with Gasteiger partial charge in [0, 0.05) is 19.6 Å². The van der Waals surface area contributed by atoms with Gasteiger partial charge in [-0.3, -0.25) is 4.79 Å². The first-order valence-corrected chi connectivity index (χ1v) is 8.86. The summed E-state index contributed by atoms with van der Waals surface area (Å²) in [6.45, 7) is 4.28. The minimum absolute atomic E-state index is 0.161. The lowest BCUT2D eigenvalue weighted by molar-refractivity contribution is -0.129. The summed E-state index contributed by atoms with van der Waals surface area (Å²) in [4.78, 5) is 19.1. The van der Waals surface area contributed by atoms with Crippen molar-refractivity contribution in [3.63, 3.8) is 0 Å². The Morgan fingerprint density at radius 2 is 2.13 bits per heavy atom. The molecule has 5 nitrogen and oxygen atoms in total. The lowest BCUT2D eigenvalue weighted by atomic mass is 10.3. The number of likely N-dealkylation sites (tertiary alicyclic amines) is 1. The van der Waals surface area contributed by atoms with Gasteiger partial charge in [-0.2, -0.15) is 5.26 Å². The first-order chi connectivity index (χ1) is 11.2. The monoisotopic (exact) mass is 328 g/mol. The fourth-order valence-electron chi connectivity index (χ4n) is 2.92. The van der Waals surface area contributed by atoms with Crippen molar-refractivity contribution in [1.82, 2.24) is 14.5 Å². The van der Waals surface area contributed by atoms with Crippen molar-refractivity contribution in [3.8, 4) is 6.07 Å². The molecule has 0 aliphatic carbocycles. The summed E-state index contributed by atoms with van der Waals surface area (Å²) in [7, 11) is 0. The van der Waals surface area contributed by atoms with E-state index in [0.29, 0.717) is 13.0 Å². The zero-order chi connectivity index (χ0) is 16.2. The minimum atomic E-state index is -0.161. The Kier molecular flexibility index (Phi) is 4.87. The van der Waals surface area contributed by atoms with Gasteiger partial charge in [0.1, 0.15) is 0 Å². The molecule has 0 N–H and O–H groups in total. The molecule has 0 bridgehead atoms. The van der Waals surface area contributed by atoms with Gasteiger partial charge in [0.15, 0.2) is 5.16 Å². The van der Waals surface area contributed by atoms with Gasteiger partial charge in [-0.15, -0.1) is 0 Å². The first kappa shape index (κ1) is 15.9. The SMILES string of the molecule is C[C@@H](Sc1nc2ccccc2n1CCC#N)C(=O)N1CCCC1. The number of hydrogen-bond acceptors (Lipinski definition) is 4. The molecule has 1 aromatic heterocycles. The van der Waals surface area contributed by atoms with Crippen molar-refractivity contribution < 1.29 is 4.79 Å². The molecule has 1 aliphatic rings. The van der Waals surface area contributed by atoms with Crippen LogP contribution in [-0.4, -0.2) is 38.7 Å². The third kappa shape index (κ3) is 3.35. The van der Waals surface area contributed by atoms with Crippen LogP contribution in [0.1, 0.15) is 26.2 Å². The molecule has 1 amide bonds. The smallest absolute Gasteiger partial charge is 0.235 e. The summed E-state index contributed by atoms with van der Waals surface area (Å²) in [6, 6.07) is 10.1. The summed E-state index contributed by atoms with van der Waals surface area (Å²) < 4.78 is 2.05. The fraction of sp³-hybridized carbons (Fsp3) is 0.471. The lowest BCUT2D eigenvalue weighted by Crippen LogP contribution is -2.34. The van der Waals surface area contributed by atoms with E-state index in [0.717, 1.165) is 42.1 Å². The molecule has 0 unspecified atom stereocenters. The summed E-state index contributed by atoms with van der Waals surface area (Å²) in [5.41, 5.74) is 1.93. The van der Waals surface area contributed by atoms with Crippen LogP contribution in [0.25, 0.3) is 11.0 Å². The standard InChI is InChI=1S/C17H20N4OS/c1-13(16(22)20-10-4-5-11-20)23-17-19-14-7-2-3-8-15(14)21(17)12-6-9-18/h2-3,7-8,13H,4-6,10-12H2,1H3/t13-/m1/s1. The van der Waals surface area contributed by atoms with Gasteiger partial charge in [0.2, 0.25) is 5.91 Å². The summed E-state index contributed by atoms with van der Waals surface area (Å²) in [5.74, 6) is 0.186. The number of nitrogens with zero attached hydrogens (tertiary/aromatic N) is 4. The van der Waals surface area contributed by atoms with E-state index in [-0.39, 0.29) is 11.2 Å². The fourth-order valence-corrected chi connectivity index (χ4v) is 3.96. The van der Waals surface area contributed by atoms with E-state index in [9.17, 15) is 4.79 Å². The number of nitriles is 1. The lowest BCUT2D eigenvalue weighted by Gasteiger charge is -2.19. The average Bonchev–Trinajstić information content (AvgIpc) is 3.20. The van der Waals surface area contributed by atoms with Crippen LogP contribution < -0.4 is 0 Å². The first-order valence-electron chi connectivity index (χ1n) is 7.98. The predicted molar refractivity (Wildman–Crippen MR) is 91.1 cm³/mol. The number of carbonyl (C=O) groups is 1. The van der Waals surface area contributed by atoms with E-state index < -0.39 is 0 Å². The molecule has 1 aliphatic heterocycles. The zero-order valence-electron chi connectivity index (χ0n) is 13.2. The van der Waals surface area contributed by atoms with Crippen molar-refractivity contribution in [2.24, 2.45) is 0 Å². The molecule has 1 aromatic carbocycles. The number of fused-ring (bicyclic) bond motifs is 1. The molecular weight excluding hydrogens is 308 g/mol. The van der Waals surface area contributed by atoms with Crippen LogP contribution in [0.2, 0.25) is 0 Å². The highest BCUT2D eigenvalue weighted by Gasteiger charge is 2.25. The summed E-state index contributed by atoms with van der Waals surface area (Å²) >= 11 is 1.49. The average molecular weight is 328 g/mol. The quantitative estimate of drug-likeness (QED) is 0.792. The van der Waals surface area contributed by atoms with Crippen LogP contribution in [0.3, 0.4) is 0 Å². The predicted octanol–water partition coefficient (Wildman–Crippen LogP) is 3.05. The normalized spacial score (nSPS) is 15.7. The van der Waals surface area contributed by atoms with E-state index in [4.69, 9.17) is 5.26 Å². The van der Waals surface area contributed by atoms with Crippen LogP contribution in [0.5, 0.6) is 0 Å². The molecule has 1 fully saturated rings. The highest BCUT2D eigenvalue weighted by molar-refractivity contribution is 8.00. The van der Waals surface area contributed by atoms with Crippen molar-refractivity contribution in [1.29, 1.82) is 5.26 Å². The molecule has 120 valence electrons. The van der Waals surface area contributed by atoms with Crippen molar-refractivity contribution in [2.45, 2.75) is 43.1 Å². The third-order valence-electron chi connectivity index (χ3n) is 4.11. The number of benzene rings is 1. The van der Waals surface area contributed by atoms with Gasteiger partial charge in [0.25, 0.3) is 0 Å². The van der Waals surface area contributed by atoms with Crippen LogP contribution in [0.15, 0.2) is 29.4 Å². The van der Waals surface area contributed by atoms with Gasteiger partial charge in [-0.25, -0.2) is 4.98 Å². The second-order valence-corrected chi connectivity index (χ2v) is 7.04. The molecule has 2 heterocycles. The van der Waals surface area contributed by atoms with Crippen molar-refractivity contribution in [3.05, 3.63) is 24.3 Å². The molecule has 0 spiro atoms. The topological polar surface area (TPSA) is 61.9 Å². The Labute approximate surface area is 140 Å². The van der Waals surface area contributed by atoms with E-state index in [2.05, 4.69) is 15.6 Å². The second kappa shape index (κ2) is 7.05. The number of thioether (sulfide) groups is 1. The Balaban J connectivity index is 1.83. The van der Waals surface area contributed by atoms with E-state index in [1.54, 1.807) is 0 Å². The van der Waals surface area contributed by atoms with Gasteiger partial charge >= 0.3 is 0 Å². The highest BCUT2D eigenvalue weighted by atomic mass is 32.2. The molecule has 3 rings (SSSR count). The highest BCUT2D eigenvalue weighted by Crippen LogP contribution is 2.29. The molecule has 23 heavy (non-hydrogen) atoms. The van der Waals surface area contributed by atoms with Crippen LogP contribution in [-0.2, 0) is 11.3 Å². The van der Waals surface area contributed by atoms with Crippen molar-refractivity contribution >= 4 is 28.7 Å². The third-order valence-corrected chi connectivity index (χ3v) is 5.19. The number of aromatic nitrogens is 2. The molecule has 0 radical (unpaired) electrons. The van der Waals surface area contributed by atoms with Gasteiger partial charge in [0.05, 0.1) is 28.8 Å². The van der Waals surface area contributed by atoms with E-state index in [1.807, 2.05) is 36.1 Å². The number of amides is 1. The molecule has 2 aromatic rings. The Bertz CT molecular complexity index is 743. The number of imidazole rings is 1. The largest absolute Gasteiger partial charge is 0.342 e. The number of carbonyl (C=O) groups excluding carboxylic acids is 1. The minimum Gasteiger partial charge on any atom is -0.342 e. The number of para-hydroxylation sites is 2. The molecule has 0 saturated carbocycles. The van der Waals surface area contributed by atoms with E-state index >= 15 is 0 Å². The Morgan fingerprint density at radius 3 is 2.87 bits per heavy atom. The number of rotatable bonds is 5. The van der Waals surface area contributed by atoms with Crippen LogP contribution in [0.4, 0.5) is 0 Å². The van der Waals surface area contributed by atoms with Crippen LogP contribution >= 0.6 is 11.8 Å². The summed E-state index contributed by atoms with van der Waals surface area (Å²) in [5, 5.41) is 9.55. The van der Waals surface area contributed by atoms with Gasteiger partial charge in [-0.1, -0.05) is 23.9 Å². The maximum Gasteiger partial charge on any atom is 0.235 e. The molecule has 1 saturated heterocycles. The molecule has 6 heteroatoms. The zero-order valence-corrected chi connectivity index (χ0v) is 14.1.